The summed E-state index contributed by atoms with van der Waals surface area (Å²) in [6, 6.07) is 0. The predicted octanol–water partition coefficient (Wildman–Crippen LogP) is -1.14. The predicted molar refractivity (Wildman–Crippen MR) is 65.1 cm³/mol. The Morgan fingerprint density at radius 2 is 0.917 bits per heavy atom. The fraction of sp³-hybridized carbons (Fsp3) is 1.00. The molecule has 0 radical (unpaired) electrons. The molecule has 0 fully saturated rings. The van der Waals surface area contributed by atoms with Gasteiger partial charge in [0.1, 0.15) is 0 Å². The van der Waals surface area contributed by atoms with Crippen LogP contribution in [0.4, 0.5) is 0 Å². The van der Waals surface area contributed by atoms with Crippen LogP contribution in [0.2, 0.25) is 0 Å². The van der Waals surface area contributed by atoms with Gasteiger partial charge in [-0.1, -0.05) is 0 Å². The van der Waals surface area contributed by atoms with Gasteiger partial charge in [-0.3, -0.25) is 3.53 Å². The van der Waals surface area contributed by atoms with Crippen LogP contribution in [-0.4, -0.2) is 54.7 Å². The third kappa shape index (κ3) is 6.80. The van der Waals surface area contributed by atoms with Crippen LogP contribution in [0, 0.1) is 0 Å². The van der Waals surface area contributed by atoms with Gasteiger partial charge in [0.25, 0.3) is 0 Å². The van der Waals surface area contributed by atoms with Gasteiger partial charge < -0.3 is 0 Å². The van der Waals surface area contributed by atoms with Crippen molar-refractivity contribution in [2.75, 3.05) is 35.2 Å². The van der Waals surface area contributed by atoms with Gasteiger partial charge in [0.05, 0.1) is 0 Å². The molecule has 0 saturated heterocycles. The molecule has 0 amide bonds. The van der Waals surface area contributed by atoms with Crippen molar-refractivity contribution in [2.24, 2.45) is 0 Å². The fourth-order valence-electron chi connectivity index (χ4n) is 0.750. The SMILES string of the molecule is CNI.C[NH][Sn]([NH]C)([NH]C)[NH]C. The van der Waals surface area contributed by atoms with Gasteiger partial charge in [0.2, 0.25) is 0 Å². The summed E-state index contributed by atoms with van der Waals surface area (Å²) in [5, 5.41) is 0. The summed E-state index contributed by atoms with van der Waals surface area (Å²) in [4.78, 5) is 0. The summed E-state index contributed by atoms with van der Waals surface area (Å²) >= 11 is -0.348. The molecule has 0 aromatic carbocycles. The zero-order chi connectivity index (χ0) is 10.0. The Labute approximate surface area is 94.6 Å². The molecule has 7 heteroatoms. The van der Waals surface area contributed by atoms with Crippen molar-refractivity contribution >= 4 is 42.3 Å². The molecular weight excluding hydrogens is 376 g/mol. The molecule has 0 aliphatic heterocycles. The molecule has 0 heterocycles. The summed E-state index contributed by atoms with van der Waals surface area (Å²) < 4.78 is 15.7. The second-order valence-corrected chi connectivity index (χ2v) is 13.0. The minimum atomic E-state index is -2.39. The Hall–Kier alpha value is 1.33. The van der Waals surface area contributed by atoms with Crippen molar-refractivity contribution in [3.8, 4) is 0 Å². The van der Waals surface area contributed by atoms with E-state index in [0.717, 1.165) is 0 Å². The molecule has 0 aliphatic carbocycles. The second-order valence-electron chi connectivity index (χ2n) is 1.94. The van der Waals surface area contributed by atoms with E-state index in [0.29, 0.717) is 0 Å². The van der Waals surface area contributed by atoms with Crippen molar-refractivity contribution in [2.45, 2.75) is 0 Å². The summed E-state index contributed by atoms with van der Waals surface area (Å²) in [5.74, 6) is 0. The Bertz CT molecular complexity index is 72.4. The van der Waals surface area contributed by atoms with E-state index < -0.39 is 19.5 Å². The molecule has 12 heavy (non-hydrogen) atoms. The van der Waals surface area contributed by atoms with E-state index in [2.05, 4.69) is 17.7 Å². The van der Waals surface area contributed by atoms with Crippen LogP contribution in [0.3, 0.4) is 0 Å². The summed E-state index contributed by atoms with van der Waals surface area (Å²) in [7, 11) is 9.69. The molecule has 0 aromatic rings. The number of halogens is 1. The molecule has 0 rings (SSSR count). The standard InChI is InChI=1S/CH4IN.4CH4N.Sn/c1-3-2;4*1-2;/h3H,1H3;4*2H,1H3;/q;4*-1;+4. The average Bonchev–Trinajstić information content (AvgIpc) is 2.11. The van der Waals surface area contributed by atoms with E-state index in [1.807, 2.05) is 58.1 Å². The molecule has 0 spiro atoms. The quantitative estimate of drug-likeness (QED) is 0.237. The van der Waals surface area contributed by atoms with Crippen molar-refractivity contribution in [1.82, 2.24) is 17.7 Å². The van der Waals surface area contributed by atoms with Gasteiger partial charge >= 0.3 is 61.8 Å². The third-order valence-corrected chi connectivity index (χ3v) is 10.1. The van der Waals surface area contributed by atoms with E-state index in [-0.39, 0.29) is 0 Å². The molecular formula is C5H20IN5Sn. The first-order chi connectivity index (χ1) is 5.66. The van der Waals surface area contributed by atoms with Crippen LogP contribution < -0.4 is 17.7 Å². The first-order valence-corrected chi connectivity index (χ1v) is 10.5. The minimum absolute atomic E-state index is 1.86. The third-order valence-electron chi connectivity index (χ3n) is 1.50. The van der Waals surface area contributed by atoms with Crippen molar-refractivity contribution < 1.29 is 0 Å². The van der Waals surface area contributed by atoms with Crippen LogP contribution in [0.5, 0.6) is 0 Å². The van der Waals surface area contributed by atoms with Gasteiger partial charge in [-0.05, 0) is 7.05 Å². The van der Waals surface area contributed by atoms with Gasteiger partial charge in [-0.15, -0.1) is 0 Å². The zero-order valence-electron chi connectivity index (χ0n) is 8.38. The second kappa shape index (κ2) is 10.4. The molecule has 5 N–H and O–H groups in total. The van der Waals surface area contributed by atoms with Crippen molar-refractivity contribution in [1.29, 1.82) is 0 Å². The molecule has 5 nitrogen and oxygen atoms in total. The van der Waals surface area contributed by atoms with E-state index in [1.54, 1.807) is 0 Å². The number of rotatable bonds is 4. The van der Waals surface area contributed by atoms with E-state index in [4.69, 9.17) is 0 Å². The number of nitrogens with one attached hydrogen (secondary N) is 5. The van der Waals surface area contributed by atoms with Crippen molar-refractivity contribution in [3.63, 3.8) is 0 Å². The van der Waals surface area contributed by atoms with E-state index >= 15 is 0 Å². The van der Waals surface area contributed by atoms with Crippen LogP contribution in [0.15, 0.2) is 0 Å². The summed E-state index contributed by atoms with van der Waals surface area (Å²) in [5.41, 5.74) is 0. The van der Waals surface area contributed by atoms with Gasteiger partial charge in [-0.2, -0.15) is 0 Å². The van der Waals surface area contributed by atoms with Crippen LogP contribution >= 0.6 is 22.9 Å². The van der Waals surface area contributed by atoms with Gasteiger partial charge in [0, 0.05) is 22.9 Å². The first kappa shape index (κ1) is 15.8. The van der Waals surface area contributed by atoms with E-state index in [1.165, 1.54) is 0 Å². The van der Waals surface area contributed by atoms with Gasteiger partial charge in [0.15, 0.2) is 0 Å². The maximum atomic E-state index is 3.24. The summed E-state index contributed by atoms with van der Waals surface area (Å²) in [6.45, 7) is 0. The maximum absolute atomic E-state index is 3.24. The topological polar surface area (TPSA) is 60.1 Å². The molecule has 0 bridgehead atoms. The Morgan fingerprint density at radius 1 is 0.750 bits per heavy atom. The Kier molecular flexibility index (Phi) is 13.7. The molecule has 0 aromatic heterocycles. The molecule has 0 unspecified atom stereocenters. The van der Waals surface area contributed by atoms with Crippen LogP contribution in [0.1, 0.15) is 0 Å². The fourth-order valence-corrected chi connectivity index (χ4v) is 5.03. The molecule has 0 saturated carbocycles. The molecule has 0 aliphatic rings. The molecule has 0 atom stereocenters. The van der Waals surface area contributed by atoms with Crippen molar-refractivity contribution in [3.05, 3.63) is 0 Å². The monoisotopic (exact) mass is 397 g/mol. The Morgan fingerprint density at radius 3 is 0.917 bits per heavy atom. The average molecular weight is 396 g/mol. The first-order valence-electron chi connectivity index (χ1n) is 3.69. The Balaban J connectivity index is 0. The van der Waals surface area contributed by atoms with Crippen LogP contribution in [0.25, 0.3) is 0 Å². The molecule has 76 valence electrons. The van der Waals surface area contributed by atoms with E-state index in [9.17, 15) is 0 Å². The van der Waals surface area contributed by atoms with Crippen LogP contribution in [-0.2, 0) is 0 Å². The number of hydrogen-bond donors (Lipinski definition) is 5. The number of hydrogen-bond acceptors (Lipinski definition) is 5. The zero-order valence-corrected chi connectivity index (χ0v) is 13.4. The van der Waals surface area contributed by atoms with Gasteiger partial charge in [-0.25, -0.2) is 0 Å². The normalized spacial score (nSPS) is 10.5. The summed E-state index contributed by atoms with van der Waals surface area (Å²) in [6.07, 6.45) is 0.